The summed E-state index contributed by atoms with van der Waals surface area (Å²) in [4.78, 5) is 28.2. The zero-order valence-corrected chi connectivity index (χ0v) is 16.3. The number of benzene rings is 1. The number of carbonyl (C=O) groups excluding carboxylic acids is 1. The Morgan fingerprint density at radius 3 is 2.34 bits per heavy atom. The summed E-state index contributed by atoms with van der Waals surface area (Å²) in [6, 6.07) is 9.02. The number of carboxylic acid groups (broad SMARTS) is 1. The molecule has 0 saturated carbocycles. The van der Waals surface area contributed by atoms with Crippen LogP contribution in [0.25, 0.3) is 0 Å². The molecule has 0 unspecified atom stereocenters. The van der Waals surface area contributed by atoms with Gasteiger partial charge in [-0.05, 0) is 35.9 Å². The van der Waals surface area contributed by atoms with Gasteiger partial charge in [-0.2, -0.15) is 4.31 Å². The fraction of sp³-hybridized carbons (Fsp3) is 0.278. The Hall–Kier alpha value is -3.18. The van der Waals surface area contributed by atoms with E-state index in [-0.39, 0.29) is 31.1 Å². The Morgan fingerprint density at radius 1 is 1.07 bits per heavy atom. The van der Waals surface area contributed by atoms with Crippen molar-refractivity contribution in [3.8, 4) is 0 Å². The lowest BCUT2D eigenvalue weighted by Gasteiger charge is -2.32. The average molecular weight is 419 g/mol. The molecule has 29 heavy (non-hydrogen) atoms. The van der Waals surface area contributed by atoms with Crippen molar-refractivity contribution in [3.05, 3.63) is 54.4 Å². The molecule has 10 nitrogen and oxygen atoms in total. The van der Waals surface area contributed by atoms with Crippen LogP contribution in [-0.2, 0) is 16.6 Å². The molecule has 3 N–H and O–H groups in total. The first kappa shape index (κ1) is 20.6. The molecule has 2 aromatic rings. The van der Waals surface area contributed by atoms with E-state index >= 15 is 0 Å². The maximum Gasteiger partial charge on any atom is 0.407 e. The van der Waals surface area contributed by atoms with E-state index in [2.05, 4.69) is 15.6 Å². The summed E-state index contributed by atoms with van der Waals surface area (Å²) in [6.45, 7) is 0.780. The number of pyridine rings is 1. The number of carbonyl (C=O) groups is 2. The summed E-state index contributed by atoms with van der Waals surface area (Å²) < 4.78 is 26.7. The van der Waals surface area contributed by atoms with Crippen LogP contribution in [0.2, 0.25) is 0 Å². The summed E-state index contributed by atoms with van der Waals surface area (Å²) in [7, 11) is -3.72. The molecule has 0 atom stereocenters. The van der Waals surface area contributed by atoms with Gasteiger partial charge in [0.15, 0.2) is 0 Å². The smallest absolute Gasteiger partial charge is 0.407 e. The van der Waals surface area contributed by atoms with E-state index in [0.717, 1.165) is 5.56 Å². The Labute approximate surface area is 168 Å². The highest BCUT2D eigenvalue weighted by atomic mass is 32.2. The second-order valence-electron chi connectivity index (χ2n) is 6.37. The zero-order chi connectivity index (χ0) is 20.9. The molecule has 1 saturated heterocycles. The lowest BCUT2D eigenvalue weighted by molar-refractivity contribution is 0.126. The normalized spacial score (nSPS) is 15.0. The molecule has 11 heteroatoms. The Bertz CT molecular complexity index is 958. The summed E-state index contributed by atoms with van der Waals surface area (Å²) in [5, 5.41) is 14.3. The van der Waals surface area contributed by atoms with Crippen LogP contribution in [0.15, 0.2) is 53.7 Å². The third-order valence-corrected chi connectivity index (χ3v) is 6.35. The number of nitrogens with zero attached hydrogens (tertiary/aromatic N) is 3. The standard InChI is InChI=1S/C18H21N5O5S/c24-17(20-13-14-2-1-7-19-12-14)21-15-3-5-16(6-4-15)29(27,28)23-10-8-22(9-11-23)18(25)26/h1-7,12H,8-11,13H2,(H,25,26)(H2,20,21,24). The molecular weight excluding hydrogens is 398 g/mol. The van der Waals surface area contributed by atoms with E-state index in [4.69, 9.17) is 5.11 Å². The number of rotatable bonds is 5. The molecule has 1 aromatic carbocycles. The zero-order valence-electron chi connectivity index (χ0n) is 15.5. The van der Waals surface area contributed by atoms with E-state index in [9.17, 15) is 18.0 Å². The van der Waals surface area contributed by atoms with Crippen molar-refractivity contribution in [2.45, 2.75) is 11.4 Å². The molecule has 2 heterocycles. The van der Waals surface area contributed by atoms with Gasteiger partial charge in [-0.25, -0.2) is 18.0 Å². The van der Waals surface area contributed by atoms with E-state index in [1.54, 1.807) is 18.5 Å². The minimum atomic E-state index is -3.72. The van der Waals surface area contributed by atoms with E-state index in [0.29, 0.717) is 12.2 Å². The van der Waals surface area contributed by atoms with Gasteiger partial charge in [-0.15, -0.1) is 0 Å². The van der Waals surface area contributed by atoms with Crippen molar-refractivity contribution >= 4 is 27.8 Å². The largest absolute Gasteiger partial charge is 0.465 e. The first-order valence-corrected chi connectivity index (χ1v) is 10.3. The number of anilines is 1. The van der Waals surface area contributed by atoms with Gasteiger partial charge in [-0.1, -0.05) is 6.07 Å². The molecule has 1 aliphatic heterocycles. The molecular formula is C18H21N5O5S. The monoisotopic (exact) mass is 419 g/mol. The van der Waals surface area contributed by atoms with Crippen molar-refractivity contribution in [3.63, 3.8) is 0 Å². The SMILES string of the molecule is O=C(NCc1cccnc1)Nc1ccc(S(=O)(=O)N2CCN(C(=O)O)CC2)cc1. The lowest BCUT2D eigenvalue weighted by Crippen LogP contribution is -2.50. The number of amides is 3. The Morgan fingerprint density at radius 2 is 1.76 bits per heavy atom. The average Bonchev–Trinajstić information content (AvgIpc) is 2.73. The number of piperazine rings is 1. The number of urea groups is 1. The van der Waals surface area contributed by atoms with Gasteiger partial charge in [0.05, 0.1) is 4.90 Å². The minimum Gasteiger partial charge on any atom is -0.465 e. The quantitative estimate of drug-likeness (QED) is 0.671. The second kappa shape index (κ2) is 8.88. The van der Waals surface area contributed by atoms with Crippen LogP contribution in [0, 0.1) is 0 Å². The Balaban J connectivity index is 1.56. The first-order valence-electron chi connectivity index (χ1n) is 8.88. The van der Waals surface area contributed by atoms with Crippen LogP contribution in [0.4, 0.5) is 15.3 Å². The third kappa shape index (κ3) is 5.21. The van der Waals surface area contributed by atoms with Crippen molar-refractivity contribution in [2.24, 2.45) is 0 Å². The number of sulfonamides is 1. The number of hydrogen-bond acceptors (Lipinski definition) is 5. The van der Waals surface area contributed by atoms with Gasteiger partial charge in [0, 0.05) is 50.8 Å². The van der Waals surface area contributed by atoms with Crippen molar-refractivity contribution in [1.82, 2.24) is 19.5 Å². The number of hydrogen-bond donors (Lipinski definition) is 3. The highest BCUT2D eigenvalue weighted by molar-refractivity contribution is 7.89. The van der Waals surface area contributed by atoms with Crippen LogP contribution < -0.4 is 10.6 Å². The molecule has 3 amide bonds. The summed E-state index contributed by atoms with van der Waals surface area (Å²) in [5.41, 5.74) is 1.30. The van der Waals surface area contributed by atoms with Crippen molar-refractivity contribution < 1.29 is 23.1 Å². The van der Waals surface area contributed by atoms with E-state index in [1.807, 2.05) is 6.07 Å². The van der Waals surface area contributed by atoms with Gasteiger partial charge >= 0.3 is 12.1 Å². The molecule has 0 aliphatic carbocycles. The molecule has 0 spiro atoms. The van der Waals surface area contributed by atoms with Crippen molar-refractivity contribution in [1.29, 1.82) is 0 Å². The number of nitrogens with one attached hydrogen (secondary N) is 2. The van der Waals surface area contributed by atoms with E-state index in [1.165, 1.54) is 33.5 Å². The third-order valence-electron chi connectivity index (χ3n) is 4.43. The van der Waals surface area contributed by atoms with E-state index < -0.39 is 22.1 Å². The topological polar surface area (TPSA) is 132 Å². The molecule has 1 fully saturated rings. The molecule has 154 valence electrons. The summed E-state index contributed by atoms with van der Waals surface area (Å²) >= 11 is 0. The number of aromatic nitrogens is 1. The van der Waals surface area contributed by atoms with Gasteiger partial charge in [0.2, 0.25) is 10.0 Å². The molecule has 3 rings (SSSR count). The fourth-order valence-electron chi connectivity index (χ4n) is 2.84. The van der Waals surface area contributed by atoms with Gasteiger partial charge in [-0.3, -0.25) is 4.98 Å². The second-order valence-corrected chi connectivity index (χ2v) is 8.30. The lowest BCUT2D eigenvalue weighted by atomic mass is 10.3. The first-order chi connectivity index (χ1) is 13.9. The highest BCUT2D eigenvalue weighted by Gasteiger charge is 2.29. The molecule has 0 radical (unpaired) electrons. The van der Waals surface area contributed by atoms with Crippen molar-refractivity contribution in [2.75, 3.05) is 31.5 Å². The minimum absolute atomic E-state index is 0.0857. The maximum absolute atomic E-state index is 12.7. The van der Waals surface area contributed by atoms with Crippen LogP contribution in [0.5, 0.6) is 0 Å². The fourth-order valence-corrected chi connectivity index (χ4v) is 4.26. The van der Waals surface area contributed by atoms with Gasteiger partial charge in [0.25, 0.3) is 0 Å². The van der Waals surface area contributed by atoms with Gasteiger partial charge in [0.1, 0.15) is 0 Å². The maximum atomic E-state index is 12.7. The summed E-state index contributed by atoms with van der Waals surface area (Å²) in [5.74, 6) is 0. The predicted molar refractivity (Wildman–Crippen MR) is 105 cm³/mol. The van der Waals surface area contributed by atoms with Crippen LogP contribution in [0.1, 0.15) is 5.56 Å². The molecule has 1 aliphatic rings. The predicted octanol–water partition coefficient (Wildman–Crippen LogP) is 1.39. The molecule has 0 bridgehead atoms. The van der Waals surface area contributed by atoms with Gasteiger partial charge < -0.3 is 20.6 Å². The van der Waals surface area contributed by atoms with Crippen LogP contribution in [-0.4, -0.2) is 66.0 Å². The van der Waals surface area contributed by atoms with Crippen LogP contribution >= 0.6 is 0 Å². The summed E-state index contributed by atoms with van der Waals surface area (Å²) in [6.07, 6.45) is 2.24. The van der Waals surface area contributed by atoms with Crippen LogP contribution in [0.3, 0.4) is 0 Å². The Kier molecular flexibility index (Phi) is 6.29. The highest BCUT2D eigenvalue weighted by Crippen LogP contribution is 2.20. The molecule has 1 aromatic heterocycles.